The monoisotopic (exact) mass is 202 g/mol. The number of fused-ring (bicyclic) bond motifs is 1. The zero-order valence-corrected chi connectivity index (χ0v) is 7.98. The van der Waals surface area contributed by atoms with E-state index in [0.29, 0.717) is 0 Å². The van der Waals surface area contributed by atoms with Gasteiger partial charge in [-0.15, -0.1) is 0 Å². The quantitative estimate of drug-likeness (QED) is 0.604. The summed E-state index contributed by atoms with van der Waals surface area (Å²) in [6, 6.07) is 5.77. The van der Waals surface area contributed by atoms with Crippen LogP contribution in [-0.4, -0.2) is 19.6 Å². The molecule has 0 unspecified atom stereocenters. The van der Waals surface area contributed by atoms with Gasteiger partial charge in [0.25, 0.3) is 0 Å². The number of nitrogens with zero attached hydrogens (tertiary/aromatic N) is 4. The van der Waals surface area contributed by atoms with Gasteiger partial charge in [-0.3, -0.25) is 4.98 Å². The van der Waals surface area contributed by atoms with Crippen LogP contribution in [0.25, 0.3) is 16.3 Å². The van der Waals surface area contributed by atoms with Crippen molar-refractivity contribution in [3.63, 3.8) is 0 Å². The van der Waals surface area contributed by atoms with Crippen molar-refractivity contribution in [2.45, 2.75) is 0 Å². The van der Waals surface area contributed by atoms with Gasteiger partial charge in [-0.2, -0.15) is 5.10 Å². The second-order valence-electron chi connectivity index (χ2n) is 2.81. The molecule has 0 amide bonds. The summed E-state index contributed by atoms with van der Waals surface area (Å²) in [7, 11) is 0. The fourth-order valence-electron chi connectivity index (χ4n) is 1.28. The molecule has 0 aliphatic carbocycles. The van der Waals surface area contributed by atoms with Crippen LogP contribution in [0.2, 0.25) is 0 Å². The third-order valence-electron chi connectivity index (χ3n) is 1.91. The highest BCUT2D eigenvalue weighted by Crippen LogP contribution is 2.17. The number of aromatic nitrogens is 4. The van der Waals surface area contributed by atoms with Gasteiger partial charge in [0.2, 0.25) is 4.96 Å². The fraction of sp³-hybridized carbons (Fsp3) is 0. The molecule has 0 N–H and O–H groups in total. The van der Waals surface area contributed by atoms with Crippen molar-refractivity contribution in [1.82, 2.24) is 19.6 Å². The molecule has 5 heteroatoms. The van der Waals surface area contributed by atoms with Gasteiger partial charge >= 0.3 is 0 Å². The minimum atomic E-state index is 0.866. The molecule has 0 bridgehead atoms. The molecule has 0 aromatic carbocycles. The molecule has 14 heavy (non-hydrogen) atoms. The first-order chi connectivity index (χ1) is 6.93. The van der Waals surface area contributed by atoms with E-state index < -0.39 is 0 Å². The van der Waals surface area contributed by atoms with E-state index in [9.17, 15) is 0 Å². The predicted molar refractivity (Wildman–Crippen MR) is 54.1 cm³/mol. The molecule has 0 saturated carbocycles. The average Bonchev–Trinajstić information content (AvgIpc) is 2.78. The SMILES string of the molecule is c1ccc(-c2cn3ncsc3n2)nc1. The Morgan fingerprint density at radius 2 is 2.21 bits per heavy atom. The summed E-state index contributed by atoms with van der Waals surface area (Å²) in [5.74, 6) is 0. The largest absolute Gasteiger partial charge is 0.255 e. The van der Waals surface area contributed by atoms with E-state index in [1.807, 2.05) is 24.4 Å². The van der Waals surface area contributed by atoms with Crippen LogP contribution < -0.4 is 0 Å². The molecular formula is C9H6N4S. The molecule has 3 rings (SSSR count). The summed E-state index contributed by atoms with van der Waals surface area (Å²) in [6.07, 6.45) is 3.64. The molecular weight excluding hydrogens is 196 g/mol. The topological polar surface area (TPSA) is 43.1 Å². The number of imidazole rings is 1. The normalized spacial score (nSPS) is 10.9. The summed E-state index contributed by atoms with van der Waals surface area (Å²) in [5.41, 5.74) is 3.51. The van der Waals surface area contributed by atoms with Crippen molar-refractivity contribution in [3.05, 3.63) is 36.1 Å². The molecule has 68 valence electrons. The van der Waals surface area contributed by atoms with Gasteiger partial charge in [0.05, 0.1) is 11.9 Å². The van der Waals surface area contributed by atoms with Crippen LogP contribution in [0.5, 0.6) is 0 Å². The lowest BCUT2D eigenvalue weighted by atomic mass is 10.3. The van der Waals surface area contributed by atoms with Gasteiger partial charge in [-0.25, -0.2) is 9.50 Å². The van der Waals surface area contributed by atoms with Gasteiger partial charge < -0.3 is 0 Å². The van der Waals surface area contributed by atoms with Crippen molar-refractivity contribution in [2.24, 2.45) is 0 Å². The number of rotatable bonds is 1. The maximum Gasteiger partial charge on any atom is 0.212 e. The highest BCUT2D eigenvalue weighted by molar-refractivity contribution is 7.14. The molecule has 0 fully saturated rings. The Labute approximate surface area is 83.9 Å². The molecule has 3 aromatic heterocycles. The van der Waals surface area contributed by atoms with Crippen LogP contribution in [0.4, 0.5) is 0 Å². The molecule has 4 nitrogen and oxygen atoms in total. The fourth-order valence-corrected chi connectivity index (χ4v) is 1.88. The van der Waals surface area contributed by atoms with Crippen LogP contribution in [0.1, 0.15) is 0 Å². The molecule has 0 radical (unpaired) electrons. The van der Waals surface area contributed by atoms with Gasteiger partial charge in [0.15, 0.2) is 0 Å². The van der Waals surface area contributed by atoms with Crippen LogP contribution in [0.15, 0.2) is 36.1 Å². The highest BCUT2D eigenvalue weighted by Gasteiger charge is 2.05. The lowest BCUT2D eigenvalue weighted by Crippen LogP contribution is -1.81. The van der Waals surface area contributed by atoms with E-state index in [2.05, 4.69) is 15.1 Å². The van der Waals surface area contributed by atoms with Gasteiger partial charge in [-0.1, -0.05) is 17.4 Å². The summed E-state index contributed by atoms with van der Waals surface area (Å²) in [5, 5.41) is 4.11. The minimum absolute atomic E-state index is 0.866. The lowest BCUT2D eigenvalue weighted by Gasteiger charge is -1.91. The average molecular weight is 202 g/mol. The zero-order chi connectivity index (χ0) is 9.38. The number of hydrogen-bond donors (Lipinski definition) is 0. The summed E-state index contributed by atoms with van der Waals surface area (Å²) < 4.78 is 1.76. The standard InChI is InChI=1S/C9H6N4S/c1-2-4-10-7(3-1)8-5-13-9(12-8)14-6-11-13/h1-6H. The van der Waals surface area contributed by atoms with Crippen molar-refractivity contribution in [2.75, 3.05) is 0 Å². The summed E-state index contributed by atoms with van der Waals surface area (Å²) in [6.45, 7) is 0. The van der Waals surface area contributed by atoms with E-state index in [-0.39, 0.29) is 0 Å². The highest BCUT2D eigenvalue weighted by atomic mass is 32.1. The zero-order valence-electron chi connectivity index (χ0n) is 7.16. The minimum Gasteiger partial charge on any atom is -0.255 e. The smallest absolute Gasteiger partial charge is 0.212 e. The third-order valence-corrected chi connectivity index (χ3v) is 2.60. The Bertz CT molecular complexity index is 526. The van der Waals surface area contributed by atoms with Gasteiger partial charge in [-0.05, 0) is 12.1 Å². The third kappa shape index (κ3) is 1.10. The summed E-state index contributed by atoms with van der Waals surface area (Å²) >= 11 is 1.52. The van der Waals surface area contributed by atoms with Crippen molar-refractivity contribution in [1.29, 1.82) is 0 Å². The number of hydrogen-bond acceptors (Lipinski definition) is 4. The van der Waals surface area contributed by atoms with Gasteiger partial charge in [0.1, 0.15) is 11.2 Å². The molecule has 0 aliphatic rings. The number of pyridine rings is 1. The Balaban J connectivity index is 2.19. The first-order valence-electron chi connectivity index (χ1n) is 4.14. The second kappa shape index (κ2) is 2.88. The maximum absolute atomic E-state index is 4.40. The molecule has 0 saturated heterocycles. The van der Waals surface area contributed by atoms with Crippen LogP contribution >= 0.6 is 11.3 Å². The van der Waals surface area contributed by atoms with Crippen molar-refractivity contribution >= 4 is 16.3 Å². The Kier molecular flexibility index (Phi) is 1.57. The van der Waals surface area contributed by atoms with E-state index >= 15 is 0 Å². The van der Waals surface area contributed by atoms with Crippen molar-refractivity contribution < 1.29 is 0 Å². The molecule has 3 aromatic rings. The lowest BCUT2D eigenvalue weighted by molar-refractivity contribution is 0.974. The second-order valence-corrected chi connectivity index (χ2v) is 3.62. The van der Waals surface area contributed by atoms with E-state index in [1.54, 1.807) is 16.2 Å². The van der Waals surface area contributed by atoms with Crippen molar-refractivity contribution in [3.8, 4) is 11.4 Å². The first-order valence-corrected chi connectivity index (χ1v) is 5.02. The first kappa shape index (κ1) is 7.64. The van der Waals surface area contributed by atoms with E-state index in [4.69, 9.17) is 0 Å². The Hall–Kier alpha value is -1.75. The molecule has 0 spiro atoms. The Morgan fingerprint density at radius 3 is 3.00 bits per heavy atom. The molecule has 3 heterocycles. The Morgan fingerprint density at radius 1 is 1.21 bits per heavy atom. The predicted octanol–water partition coefficient (Wildman–Crippen LogP) is 1.85. The van der Waals surface area contributed by atoms with Gasteiger partial charge in [0, 0.05) is 6.20 Å². The van der Waals surface area contributed by atoms with E-state index in [0.717, 1.165) is 16.3 Å². The van der Waals surface area contributed by atoms with Crippen LogP contribution in [-0.2, 0) is 0 Å². The maximum atomic E-state index is 4.40. The van der Waals surface area contributed by atoms with Crippen LogP contribution in [0, 0.1) is 0 Å². The van der Waals surface area contributed by atoms with Crippen LogP contribution in [0.3, 0.4) is 0 Å². The van der Waals surface area contributed by atoms with E-state index in [1.165, 1.54) is 11.3 Å². The molecule has 0 atom stereocenters. The molecule has 0 aliphatic heterocycles. The summed E-state index contributed by atoms with van der Waals surface area (Å²) in [4.78, 5) is 9.52.